The van der Waals surface area contributed by atoms with E-state index in [2.05, 4.69) is 44.2 Å². The Bertz CT molecular complexity index is 861. The molecule has 2 heteroatoms. The Morgan fingerprint density at radius 1 is 0.848 bits per heavy atom. The molecule has 0 saturated heterocycles. The summed E-state index contributed by atoms with van der Waals surface area (Å²) in [6.45, 7) is 4.50. The summed E-state index contributed by atoms with van der Waals surface area (Å²) < 4.78 is 5.60. The first-order valence-electron chi connectivity index (χ1n) is 13.3. The van der Waals surface area contributed by atoms with Crippen molar-refractivity contribution >= 4 is 11.5 Å². The van der Waals surface area contributed by atoms with E-state index in [0.717, 1.165) is 18.8 Å². The highest BCUT2D eigenvalue weighted by Gasteiger charge is 2.16. The van der Waals surface area contributed by atoms with Crippen molar-refractivity contribution in [2.45, 2.75) is 97.3 Å². The number of rotatable bonds is 13. The lowest BCUT2D eigenvalue weighted by Gasteiger charge is -2.22. The van der Waals surface area contributed by atoms with Crippen molar-refractivity contribution in [1.29, 1.82) is 0 Å². The van der Waals surface area contributed by atoms with Gasteiger partial charge in [0.25, 0.3) is 0 Å². The lowest BCUT2D eigenvalue weighted by Crippen LogP contribution is -2.09. The average Bonchev–Trinajstić information content (AvgIpc) is 2.86. The average molecular weight is 447 g/mol. The van der Waals surface area contributed by atoms with E-state index < -0.39 is 0 Å². The minimum Gasteiger partial charge on any atom is -0.423 e. The number of carbonyl (C=O) groups is 1. The molecule has 0 aromatic heterocycles. The van der Waals surface area contributed by atoms with Gasteiger partial charge >= 0.3 is 5.97 Å². The molecule has 0 saturated carbocycles. The fraction of sp³-hybridized carbons (Fsp3) is 0.516. The fourth-order valence-corrected chi connectivity index (χ4v) is 4.74. The Hall–Kier alpha value is -2.35. The van der Waals surface area contributed by atoms with Gasteiger partial charge < -0.3 is 4.74 Å². The van der Waals surface area contributed by atoms with Crippen LogP contribution in [-0.4, -0.2) is 5.97 Å². The van der Waals surface area contributed by atoms with Gasteiger partial charge in [0.1, 0.15) is 5.75 Å². The largest absolute Gasteiger partial charge is 0.423 e. The summed E-state index contributed by atoms with van der Waals surface area (Å²) in [7, 11) is 0. The van der Waals surface area contributed by atoms with Gasteiger partial charge in [0.05, 0.1) is 5.56 Å². The smallest absolute Gasteiger partial charge is 0.343 e. The summed E-state index contributed by atoms with van der Waals surface area (Å²) in [6, 6.07) is 15.9. The summed E-state index contributed by atoms with van der Waals surface area (Å²) in [4.78, 5) is 12.6. The first-order valence-corrected chi connectivity index (χ1v) is 13.3. The Balaban J connectivity index is 1.47. The van der Waals surface area contributed by atoms with Crippen LogP contribution in [0.4, 0.5) is 0 Å². The third kappa shape index (κ3) is 8.50. The first kappa shape index (κ1) is 25.3. The van der Waals surface area contributed by atoms with E-state index in [9.17, 15) is 4.79 Å². The molecule has 1 aliphatic carbocycles. The summed E-state index contributed by atoms with van der Waals surface area (Å²) in [5.41, 5.74) is 4.57. The predicted molar refractivity (Wildman–Crippen MR) is 140 cm³/mol. The second-order valence-corrected chi connectivity index (χ2v) is 9.64. The molecule has 0 amide bonds. The van der Waals surface area contributed by atoms with Gasteiger partial charge in [0.15, 0.2) is 0 Å². The molecule has 0 heterocycles. The molecule has 1 unspecified atom stereocenters. The third-order valence-corrected chi connectivity index (χ3v) is 6.93. The van der Waals surface area contributed by atoms with Crippen LogP contribution in [0.2, 0.25) is 0 Å². The number of allylic oxidation sites excluding steroid dienone is 2. The maximum absolute atomic E-state index is 12.6. The van der Waals surface area contributed by atoms with Crippen LogP contribution in [0, 0.1) is 5.92 Å². The number of hydrogen-bond donors (Lipinski definition) is 0. The van der Waals surface area contributed by atoms with E-state index in [4.69, 9.17) is 4.74 Å². The molecule has 2 nitrogen and oxygen atoms in total. The van der Waals surface area contributed by atoms with Gasteiger partial charge in [-0.3, -0.25) is 0 Å². The highest BCUT2D eigenvalue weighted by Crippen LogP contribution is 2.33. The quantitative estimate of drug-likeness (QED) is 0.174. The molecule has 178 valence electrons. The highest BCUT2D eigenvalue weighted by molar-refractivity contribution is 5.91. The minimum atomic E-state index is -0.290. The third-order valence-electron chi connectivity index (χ3n) is 6.93. The number of carbonyl (C=O) groups excluding carboxylic acids is 1. The minimum absolute atomic E-state index is 0.290. The molecule has 33 heavy (non-hydrogen) atoms. The molecule has 3 rings (SSSR count). The second kappa shape index (κ2) is 14.0. The summed E-state index contributed by atoms with van der Waals surface area (Å²) in [5.74, 6) is 1.17. The molecule has 0 bridgehead atoms. The van der Waals surface area contributed by atoms with Crippen molar-refractivity contribution < 1.29 is 9.53 Å². The van der Waals surface area contributed by atoms with Crippen molar-refractivity contribution in [3.05, 3.63) is 71.3 Å². The number of hydrogen-bond acceptors (Lipinski definition) is 2. The van der Waals surface area contributed by atoms with Gasteiger partial charge in [-0.2, -0.15) is 0 Å². The van der Waals surface area contributed by atoms with Gasteiger partial charge in [-0.05, 0) is 79.0 Å². The van der Waals surface area contributed by atoms with Crippen LogP contribution in [0.3, 0.4) is 0 Å². The molecule has 2 aromatic rings. The Morgan fingerprint density at radius 2 is 1.55 bits per heavy atom. The van der Waals surface area contributed by atoms with Crippen LogP contribution in [0.25, 0.3) is 5.57 Å². The second-order valence-electron chi connectivity index (χ2n) is 9.64. The molecule has 0 spiro atoms. The highest BCUT2D eigenvalue weighted by atomic mass is 16.5. The molecular weight excluding hydrogens is 404 g/mol. The van der Waals surface area contributed by atoms with Gasteiger partial charge in [0.2, 0.25) is 0 Å². The van der Waals surface area contributed by atoms with E-state index in [-0.39, 0.29) is 5.97 Å². The summed E-state index contributed by atoms with van der Waals surface area (Å²) >= 11 is 0. The molecule has 0 radical (unpaired) electrons. The van der Waals surface area contributed by atoms with Crippen molar-refractivity contribution in [3.8, 4) is 5.75 Å². The maximum Gasteiger partial charge on any atom is 0.343 e. The van der Waals surface area contributed by atoms with Gasteiger partial charge in [-0.15, -0.1) is 0 Å². The van der Waals surface area contributed by atoms with E-state index in [1.165, 1.54) is 87.3 Å². The number of aryl methyl sites for hydroxylation is 1. The van der Waals surface area contributed by atoms with Crippen LogP contribution in [0.5, 0.6) is 5.75 Å². The van der Waals surface area contributed by atoms with E-state index in [0.29, 0.717) is 11.3 Å². The normalized spacial score (nSPS) is 15.8. The summed E-state index contributed by atoms with van der Waals surface area (Å²) in [6.07, 6.45) is 19.0. The lowest BCUT2D eigenvalue weighted by molar-refractivity contribution is 0.0734. The van der Waals surface area contributed by atoms with Crippen molar-refractivity contribution in [1.82, 2.24) is 0 Å². The van der Waals surface area contributed by atoms with Crippen LogP contribution in [0.15, 0.2) is 54.6 Å². The zero-order valence-electron chi connectivity index (χ0n) is 20.8. The zero-order valence-corrected chi connectivity index (χ0v) is 20.8. The molecule has 2 aromatic carbocycles. The van der Waals surface area contributed by atoms with Crippen molar-refractivity contribution in [2.24, 2.45) is 5.92 Å². The van der Waals surface area contributed by atoms with Crippen LogP contribution >= 0.6 is 0 Å². The summed E-state index contributed by atoms with van der Waals surface area (Å²) in [5, 5.41) is 0. The van der Waals surface area contributed by atoms with Crippen molar-refractivity contribution in [2.75, 3.05) is 0 Å². The predicted octanol–water partition coefficient (Wildman–Crippen LogP) is 9.18. The van der Waals surface area contributed by atoms with E-state index >= 15 is 0 Å². The Labute approximate surface area is 201 Å². The lowest BCUT2D eigenvalue weighted by atomic mass is 9.84. The van der Waals surface area contributed by atoms with E-state index in [1.807, 2.05) is 24.3 Å². The fourth-order valence-electron chi connectivity index (χ4n) is 4.74. The topological polar surface area (TPSA) is 26.3 Å². The monoisotopic (exact) mass is 446 g/mol. The Morgan fingerprint density at radius 3 is 2.18 bits per heavy atom. The van der Waals surface area contributed by atoms with Gasteiger partial charge in [-0.1, -0.05) is 95.6 Å². The maximum atomic E-state index is 12.6. The molecule has 0 N–H and O–H groups in total. The van der Waals surface area contributed by atoms with Crippen molar-refractivity contribution in [3.63, 3.8) is 0 Å². The Kier molecular flexibility index (Phi) is 10.7. The molecule has 0 aliphatic heterocycles. The van der Waals surface area contributed by atoms with Crippen LogP contribution in [-0.2, 0) is 6.42 Å². The van der Waals surface area contributed by atoms with Gasteiger partial charge in [0, 0.05) is 0 Å². The molecule has 1 aliphatic rings. The van der Waals surface area contributed by atoms with Gasteiger partial charge in [-0.25, -0.2) is 4.79 Å². The molecular formula is C31H42O2. The zero-order chi connectivity index (χ0) is 23.3. The number of ether oxygens (including phenoxy) is 1. The standard InChI is InChI=1S/C31H42O2/c1-3-5-7-9-11-25-13-17-27(18-14-25)28-19-21-29(22-20-28)31(32)33-30-23-15-26(16-24-30)12-10-8-6-4-2/h15-17,19-25H,3-14,18H2,1-2H3. The van der Waals surface area contributed by atoms with Crippen LogP contribution < -0.4 is 4.74 Å². The number of unbranched alkanes of at least 4 members (excludes halogenated alkanes) is 6. The van der Waals surface area contributed by atoms with E-state index in [1.54, 1.807) is 0 Å². The number of esters is 1. The number of benzene rings is 2. The molecule has 1 atom stereocenters. The first-order chi connectivity index (χ1) is 16.2. The SMILES string of the molecule is CCCCCCc1ccc(OC(=O)c2ccc(C3=CCC(CCCCCC)CC3)cc2)cc1. The van der Waals surface area contributed by atoms with Crippen LogP contribution in [0.1, 0.15) is 112 Å². The molecule has 0 fully saturated rings.